The van der Waals surface area contributed by atoms with Gasteiger partial charge < -0.3 is 14.8 Å². The summed E-state index contributed by atoms with van der Waals surface area (Å²) >= 11 is 0. The number of carbonyl (C=O) groups excluding carboxylic acids is 2. The van der Waals surface area contributed by atoms with Gasteiger partial charge in [0.25, 0.3) is 11.8 Å². The predicted molar refractivity (Wildman–Crippen MR) is 108 cm³/mol. The van der Waals surface area contributed by atoms with Gasteiger partial charge >= 0.3 is 0 Å². The monoisotopic (exact) mass is 417 g/mol. The fourth-order valence-electron chi connectivity index (χ4n) is 3.08. The summed E-state index contributed by atoms with van der Waals surface area (Å²) in [7, 11) is 2.94. The molecule has 2 aromatic carbocycles. The highest BCUT2D eigenvalue weighted by Gasteiger charge is 2.41. The lowest BCUT2D eigenvalue weighted by Crippen LogP contribution is -2.36. The van der Waals surface area contributed by atoms with Crippen LogP contribution in [0.4, 0.5) is 20.2 Å². The normalized spacial score (nSPS) is 16.3. The van der Waals surface area contributed by atoms with Crippen molar-refractivity contribution in [2.75, 3.05) is 24.5 Å². The molecule has 30 heavy (non-hydrogen) atoms. The zero-order valence-electron chi connectivity index (χ0n) is 16.9. The summed E-state index contributed by atoms with van der Waals surface area (Å²) in [5.74, 6) is -4.60. The van der Waals surface area contributed by atoms with E-state index in [-0.39, 0.29) is 17.0 Å². The standard InChI is InChI=1S/C21H21F2N3O4/c1-12-18(19(27)24-14-7-5-6-13(10-14)21(2,22)23)20(28)26(25-12)16-9-8-15(29-3)11-17(16)30-4/h5-11,18H,1-4H3,(H,24,27). The van der Waals surface area contributed by atoms with Gasteiger partial charge in [0.15, 0.2) is 5.92 Å². The molecule has 0 spiro atoms. The van der Waals surface area contributed by atoms with Crippen molar-refractivity contribution in [3.63, 3.8) is 0 Å². The first-order valence-electron chi connectivity index (χ1n) is 9.06. The zero-order valence-corrected chi connectivity index (χ0v) is 16.9. The molecule has 1 aliphatic heterocycles. The van der Waals surface area contributed by atoms with Crippen LogP contribution in [0.25, 0.3) is 0 Å². The molecule has 1 aliphatic rings. The maximum absolute atomic E-state index is 13.5. The lowest BCUT2D eigenvalue weighted by molar-refractivity contribution is -0.127. The van der Waals surface area contributed by atoms with Crippen molar-refractivity contribution in [2.45, 2.75) is 19.8 Å². The minimum Gasteiger partial charge on any atom is -0.497 e. The van der Waals surface area contributed by atoms with Gasteiger partial charge in [0.2, 0.25) is 5.91 Å². The highest BCUT2D eigenvalue weighted by Crippen LogP contribution is 2.36. The Morgan fingerprint density at radius 3 is 2.53 bits per heavy atom. The SMILES string of the molecule is COc1ccc(N2N=C(C)C(C(=O)Nc3cccc(C(C)(F)F)c3)C2=O)c(OC)c1. The Balaban J connectivity index is 1.83. The van der Waals surface area contributed by atoms with E-state index in [9.17, 15) is 18.4 Å². The maximum Gasteiger partial charge on any atom is 0.270 e. The second-order valence-corrected chi connectivity index (χ2v) is 6.82. The van der Waals surface area contributed by atoms with E-state index in [1.807, 2.05) is 0 Å². The third-order valence-electron chi connectivity index (χ3n) is 4.65. The number of halogens is 2. The van der Waals surface area contributed by atoms with E-state index in [0.717, 1.165) is 11.9 Å². The number of anilines is 2. The molecule has 1 heterocycles. The lowest BCUT2D eigenvalue weighted by Gasteiger charge is -2.18. The fraction of sp³-hybridized carbons (Fsp3) is 0.286. The Morgan fingerprint density at radius 1 is 1.17 bits per heavy atom. The number of benzene rings is 2. The van der Waals surface area contributed by atoms with Crippen molar-refractivity contribution in [1.82, 2.24) is 0 Å². The largest absolute Gasteiger partial charge is 0.497 e. The molecule has 1 unspecified atom stereocenters. The first-order chi connectivity index (χ1) is 14.2. The topological polar surface area (TPSA) is 80.2 Å². The van der Waals surface area contributed by atoms with Crippen LogP contribution < -0.4 is 19.8 Å². The van der Waals surface area contributed by atoms with E-state index in [1.54, 1.807) is 25.1 Å². The summed E-state index contributed by atoms with van der Waals surface area (Å²) in [6.07, 6.45) is 0. The van der Waals surface area contributed by atoms with Gasteiger partial charge in [0, 0.05) is 24.2 Å². The Kier molecular flexibility index (Phi) is 5.73. The number of carbonyl (C=O) groups is 2. The molecule has 7 nitrogen and oxygen atoms in total. The van der Waals surface area contributed by atoms with Crippen molar-refractivity contribution in [3.8, 4) is 11.5 Å². The van der Waals surface area contributed by atoms with Gasteiger partial charge in [-0.3, -0.25) is 9.59 Å². The van der Waals surface area contributed by atoms with Gasteiger partial charge in [-0.05, 0) is 31.2 Å². The number of hydrazone groups is 1. The molecule has 3 rings (SSSR count). The zero-order chi connectivity index (χ0) is 22.1. The van der Waals surface area contributed by atoms with Crippen LogP contribution in [0.15, 0.2) is 47.6 Å². The molecular weight excluding hydrogens is 396 g/mol. The first-order valence-corrected chi connectivity index (χ1v) is 9.06. The van der Waals surface area contributed by atoms with E-state index >= 15 is 0 Å². The number of methoxy groups -OCH3 is 2. The van der Waals surface area contributed by atoms with Crippen LogP contribution in [0.1, 0.15) is 19.4 Å². The van der Waals surface area contributed by atoms with Gasteiger partial charge in [-0.2, -0.15) is 10.1 Å². The number of amides is 2. The number of ether oxygens (including phenoxy) is 2. The van der Waals surface area contributed by atoms with E-state index < -0.39 is 23.7 Å². The lowest BCUT2D eigenvalue weighted by atomic mass is 10.0. The molecular formula is C21H21F2N3O4. The van der Waals surface area contributed by atoms with E-state index in [0.29, 0.717) is 17.2 Å². The molecule has 0 saturated carbocycles. The molecule has 1 N–H and O–H groups in total. The summed E-state index contributed by atoms with van der Waals surface area (Å²) in [6, 6.07) is 10.2. The van der Waals surface area contributed by atoms with Crippen LogP contribution in [-0.2, 0) is 15.5 Å². The summed E-state index contributed by atoms with van der Waals surface area (Å²) < 4.78 is 37.5. The summed E-state index contributed by atoms with van der Waals surface area (Å²) in [5.41, 5.74) is 0.547. The fourth-order valence-corrected chi connectivity index (χ4v) is 3.08. The Hall–Kier alpha value is -3.49. The molecule has 0 fully saturated rings. The summed E-state index contributed by atoms with van der Waals surface area (Å²) in [6.45, 7) is 2.32. The number of hydrogen-bond acceptors (Lipinski definition) is 5. The van der Waals surface area contributed by atoms with Crippen molar-refractivity contribution >= 4 is 28.9 Å². The first kappa shape index (κ1) is 21.2. The van der Waals surface area contributed by atoms with Crippen LogP contribution in [0, 0.1) is 5.92 Å². The summed E-state index contributed by atoms with van der Waals surface area (Å²) in [5, 5.41) is 7.82. The molecule has 2 amide bonds. The predicted octanol–water partition coefficient (Wildman–Crippen LogP) is 3.79. The maximum atomic E-state index is 13.5. The third-order valence-corrected chi connectivity index (χ3v) is 4.65. The highest BCUT2D eigenvalue weighted by molar-refractivity contribution is 6.29. The van der Waals surface area contributed by atoms with Crippen LogP contribution in [0.5, 0.6) is 11.5 Å². The number of rotatable bonds is 6. The number of hydrogen-bond donors (Lipinski definition) is 1. The highest BCUT2D eigenvalue weighted by atomic mass is 19.3. The molecule has 158 valence electrons. The van der Waals surface area contributed by atoms with Gasteiger partial charge in [-0.15, -0.1) is 0 Å². The molecule has 9 heteroatoms. The molecule has 1 atom stereocenters. The van der Waals surface area contributed by atoms with E-state index in [1.165, 1.54) is 38.5 Å². The van der Waals surface area contributed by atoms with Gasteiger partial charge in [-0.1, -0.05) is 12.1 Å². The molecule has 0 saturated heterocycles. The van der Waals surface area contributed by atoms with Crippen molar-refractivity contribution in [3.05, 3.63) is 48.0 Å². The van der Waals surface area contributed by atoms with Gasteiger partial charge in [0.05, 0.1) is 19.9 Å². The molecule has 0 bridgehead atoms. The number of alkyl halides is 2. The third kappa shape index (κ3) is 4.10. The van der Waals surface area contributed by atoms with E-state index in [4.69, 9.17) is 9.47 Å². The van der Waals surface area contributed by atoms with Crippen LogP contribution in [0.2, 0.25) is 0 Å². The molecule has 0 radical (unpaired) electrons. The molecule has 0 aliphatic carbocycles. The minimum absolute atomic E-state index is 0.167. The van der Waals surface area contributed by atoms with Gasteiger partial charge in [0.1, 0.15) is 17.2 Å². The van der Waals surface area contributed by atoms with Crippen LogP contribution in [0.3, 0.4) is 0 Å². The van der Waals surface area contributed by atoms with Crippen LogP contribution >= 0.6 is 0 Å². The van der Waals surface area contributed by atoms with Gasteiger partial charge in [-0.25, -0.2) is 8.78 Å². The smallest absolute Gasteiger partial charge is 0.270 e. The van der Waals surface area contributed by atoms with Crippen molar-refractivity contribution in [2.24, 2.45) is 11.0 Å². The molecule has 0 aromatic heterocycles. The Bertz CT molecular complexity index is 1020. The number of nitrogens with one attached hydrogen (secondary N) is 1. The Morgan fingerprint density at radius 2 is 1.90 bits per heavy atom. The average Bonchev–Trinajstić information content (AvgIpc) is 3.00. The second kappa shape index (κ2) is 8.10. The van der Waals surface area contributed by atoms with Crippen LogP contribution in [-0.4, -0.2) is 31.7 Å². The Labute approximate surface area is 172 Å². The van der Waals surface area contributed by atoms with E-state index in [2.05, 4.69) is 10.4 Å². The average molecular weight is 417 g/mol. The quantitative estimate of drug-likeness (QED) is 0.726. The molecule has 2 aromatic rings. The van der Waals surface area contributed by atoms with Crippen molar-refractivity contribution < 1.29 is 27.8 Å². The second-order valence-electron chi connectivity index (χ2n) is 6.82. The van der Waals surface area contributed by atoms with Crippen molar-refractivity contribution in [1.29, 1.82) is 0 Å². The number of nitrogens with zero attached hydrogens (tertiary/aromatic N) is 2. The minimum atomic E-state index is -3.05. The summed E-state index contributed by atoms with van der Waals surface area (Å²) in [4.78, 5) is 25.7.